The van der Waals surface area contributed by atoms with Gasteiger partial charge in [-0.3, -0.25) is 4.79 Å². The molecule has 6 heteroatoms. The molecular formula is C12H15N3O3. The Morgan fingerprint density at radius 1 is 1.56 bits per heavy atom. The number of primary amides is 1. The molecule has 1 saturated heterocycles. The van der Waals surface area contributed by atoms with Crippen molar-refractivity contribution in [1.29, 1.82) is 0 Å². The first-order chi connectivity index (χ1) is 8.44. The summed E-state index contributed by atoms with van der Waals surface area (Å²) < 4.78 is 0. The number of aromatic carboxylic acids is 1. The molecule has 18 heavy (non-hydrogen) atoms. The maximum absolute atomic E-state index is 11.4. The van der Waals surface area contributed by atoms with E-state index in [0.717, 1.165) is 0 Å². The highest BCUT2D eigenvalue weighted by molar-refractivity contribution is 5.93. The number of carboxylic acid groups (broad SMARTS) is 1. The van der Waals surface area contributed by atoms with Gasteiger partial charge >= 0.3 is 5.97 Å². The number of carboxylic acids is 1. The monoisotopic (exact) mass is 249 g/mol. The number of carbonyl (C=O) groups excluding carboxylic acids is 1. The third kappa shape index (κ3) is 2.01. The molecule has 3 N–H and O–H groups in total. The van der Waals surface area contributed by atoms with E-state index in [1.165, 1.54) is 6.07 Å². The average Bonchev–Trinajstić information content (AvgIpc) is 2.73. The van der Waals surface area contributed by atoms with Crippen LogP contribution in [0.2, 0.25) is 0 Å². The summed E-state index contributed by atoms with van der Waals surface area (Å²) in [7, 11) is 0. The minimum atomic E-state index is -1.02. The van der Waals surface area contributed by atoms with Crippen molar-refractivity contribution < 1.29 is 14.7 Å². The van der Waals surface area contributed by atoms with E-state index < -0.39 is 11.4 Å². The Morgan fingerprint density at radius 3 is 2.83 bits per heavy atom. The van der Waals surface area contributed by atoms with E-state index in [-0.39, 0.29) is 11.5 Å². The standard InChI is InChI=1S/C12H15N3O3/c1-12(11(13)18)4-6-15(7-12)9-8(10(16)17)3-2-5-14-9/h2-3,5H,4,6-7H2,1H3,(H2,13,18)(H,16,17). The van der Waals surface area contributed by atoms with Crippen molar-refractivity contribution in [3.63, 3.8) is 0 Å². The predicted octanol–water partition coefficient (Wildman–Crippen LogP) is 0.481. The summed E-state index contributed by atoms with van der Waals surface area (Å²) in [5, 5.41) is 9.11. The zero-order valence-corrected chi connectivity index (χ0v) is 10.1. The highest BCUT2D eigenvalue weighted by Gasteiger charge is 2.40. The second kappa shape index (κ2) is 4.29. The second-order valence-electron chi connectivity index (χ2n) is 4.78. The number of nitrogens with two attached hydrogens (primary N) is 1. The van der Waals surface area contributed by atoms with Crippen LogP contribution in [0.5, 0.6) is 0 Å². The topological polar surface area (TPSA) is 96.5 Å². The molecule has 1 atom stereocenters. The van der Waals surface area contributed by atoms with Crippen LogP contribution in [-0.4, -0.2) is 35.1 Å². The van der Waals surface area contributed by atoms with Crippen molar-refractivity contribution in [2.24, 2.45) is 11.1 Å². The molecule has 1 aromatic rings. The van der Waals surface area contributed by atoms with E-state index in [9.17, 15) is 9.59 Å². The number of nitrogens with zero attached hydrogens (tertiary/aromatic N) is 2. The number of rotatable bonds is 3. The molecule has 0 bridgehead atoms. The third-order valence-electron chi connectivity index (χ3n) is 3.38. The van der Waals surface area contributed by atoms with Gasteiger partial charge in [0.25, 0.3) is 0 Å². The summed E-state index contributed by atoms with van der Waals surface area (Å²) in [5.41, 5.74) is 4.89. The van der Waals surface area contributed by atoms with Crippen molar-refractivity contribution in [3.05, 3.63) is 23.9 Å². The van der Waals surface area contributed by atoms with Crippen LogP contribution in [-0.2, 0) is 4.79 Å². The molecule has 1 aromatic heterocycles. The normalized spacial score (nSPS) is 23.1. The molecule has 2 heterocycles. The van der Waals surface area contributed by atoms with Crippen molar-refractivity contribution in [1.82, 2.24) is 4.98 Å². The van der Waals surface area contributed by atoms with Crippen molar-refractivity contribution >= 4 is 17.7 Å². The molecule has 96 valence electrons. The van der Waals surface area contributed by atoms with Crippen LogP contribution in [0.25, 0.3) is 0 Å². The third-order valence-corrected chi connectivity index (χ3v) is 3.38. The van der Waals surface area contributed by atoms with E-state index in [0.29, 0.717) is 25.3 Å². The highest BCUT2D eigenvalue weighted by Crippen LogP contribution is 2.33. The molecule has 2 rings (SSSR count). The fraction of sp³-hybridized carbons (Fsp3) is 0.417. The van der Waals surface area contributed by atoms with E-state index >= 15 is 0 Å². The van der Waals surface area contributed by atoms with E-state index in [1.807, 2.05) is 0 Å². The maximum atomic E-state index is 11.4. The number of carbonyl (C=O) groups is 2. The van der Waals surface area contributed by atoms with Gasteiger partial charge in [-0.25, -0.2) is 9.78 Å². The Bertz CT molecular complexity index is 503. The molecule has 1 aliphatic rings. The molecule has 0 saturated carbocycles. The molecule has 1 unspecified atom stereocenters. The van der Waals surface area contributed by atoms with Gasteiger partial charge in [-0.1, -0.05) is 0 Å². The van der Waals surface area contributed by atoms with Gasteiger partial charge in [-0.2, -0.15) is 0 Å². The lowest BCUT2D eigenvalue weighted by molar-refractivity contribution is -0.125. The lowest BCUT2D eigenvalue weighted by Gasteiger charge is -2.22. The lowest BCUT2D eigenvalue weighted by Crippen LogP contribution is -2.37. The van der Waals surface area contributed by atoms with Crippen LogP contribution < -0.4 is 10.6 Å². The fourth-order valence-corrected chi connectivity index (χ4v) is 2.16. The van der Waals surface area contributed by atoms with Crippen molar-refractivity contribution in [2.75, 3.05) is 18.0 Å². The van der Waals surface area contributed by atoms with Crippen molar-refractivity contribution in [2.45, 2.75) is 13.3 Å². The first-order valence-corrected chi connectivity index (χ1v) is 5.67. The van der Waals surface area contributed by atoms with Gasteiger partial charge in [0.1, 0.15) is 11.4 Å². The molecule has 0 spiro atoms. The molecule has 1 amide bonds. The average molecular weight is 249 g/mol. The Hall–Kier alpha value is -2.11. The maximum Gasteiger partial charge on any atom is 0.339 e. The number of pyridine rings is 1. The second-order valence-corrected chi connectivity index (χ2v) is 4.78. The lowest BCUT2D eigenvalue weighted by atomic mass is 9.89. The minimum Gasteiger partial charge on any atom is -0.478 e. The van der Waals surface area contributed by atoms with Crippen LogP contribution >= 0.6 is 0 Å². The van der Waals surface area contributed by atoms with Crippen LogP contribution in [0.3, 0.4) is 0 Å². The zero-order chi connectivity index (χ0) is 13.3. The first-order valence-electron chi connectivity index (χ1n) is 5.67. The van der Waals surface area contributed by atoms with Gasteiger partial charge in [0.15, 0.2) is 0 Å². The number of anilines is 1. The number of hydrogen-bond acceptors (Lipinski definition) is 4. The van der Waals surface area contributed by atoms with Crippen LogP contribution in [0.4, 0.5) is 5.82 Å². The quantitative estimate of drug-likeness (QED) is 0.812. The summed E-state index contributed by atoms with van der Waals surface area (Å²) in [5.74, 6) is -0.987. The van der Waals surface area contributed by atoms with E-state index in [1.54, 1.807) is 24.1 Å². The minimum absolute atomic E-state index is 0.145. The number of aromatic nitrogens is 1. The number of hydrogen-bond donors (Lipinski definition) is 2. The molecule has 0 radical (unpaired) electrons. The van der Waals surface area contributed by atoms with Gasteiger partial charge in [-0.05, 0) is 25.5 Å². The summed E-state index contributed by atoms with van der Waals surface area (Å²) >= 11 is 0. The largest absolute Gasteiger partial charge is 0.478 e. The summed E-state index contributed by atoms with van der Waals surface area (Å²) in [6, 6.07) is 3.08. The van der Waals surface area contributed by atoms with Crippen molar-refractivity contribution in [3.8, 4) is 0 Å². The zero-order valence-electron chi connectivity index (χ0n) is 10.1. The van der Waals surface area contributed by atoms with Crippen LogP contribution in [0.15, 0.2) is 18.3 Å². The smallest absolute Gasteiger partial charge is 0.339 e. The Morgan fingerprint density at radius 2 is 2.28 bits per heavy atom. The Balaban J connectivity index is 2.30. The van der Waals surface area contributed by atoms with Crippen LogP contribution in [0.1, 0.15) is 23.7 Å². The van der Waals surface area contributed by atoms with Crippen LogP contribution in [0, 0.1) is 5.41 Å². The summed E-state index contributed by atoms with van der Waals surface area (Å²) in [6.07, 6.45) is 2.15. The van der Waals surface area contributed by atoms with Gasteiger partial charge < -0.3 is 15.7 Å². The van der Waals surface area contributed by atoms with Gasteiger partial charge in [0, 0.05) is 19.3 Å². The van der Waals surface area contributed by atoms with Gasteiger partial charge in [-0.15, -0.1) is 0 Å². The Kier molecular flexibility index (Phi) is 2.94. The molecule has 1 fully saturated rings. The van der Waals surface area contributed by atoms with E-state index in [2.05, 4.69) is 4.98 Å². The Labute approximate surface area is 104 Å². The summed E-state index contributed by atoms with van der Waals surface area (Å²) in [6.45, 7) is 2.77. The van der Waals surface area contributed by atoms with E-state index in [4.69, 9.17) is 10.8 Å². The molecule has 6 nitrogen and oxygen atoms in total. The fourth-order valence-electron chi connectivity index (χ4n) is 2.16. The molecular weight excluding hydrogens is 234 g/mol. The van der Waals surface area contributed by atoms with Gasteiger partial charge in [0.05, 0.1) is 5.41 Å². The first kappa shape index (κ1) is 12.3. The highest BCUT2D eigenvalue weighted by atomic mass is 16.4. The van der Waals surface area contributed by atoms with Gasteiger partial charge in [0.2, 0.25) is 5.91 Å². The predicted molar refractivity (Wildman–Crippen MR) is 65.3 cm³/mol. The molecule has 0 aliphatic carbocycles. The SMILES string of the molecule is CC1(C(N)=O)CCN(c2ncccc2C(=O)O)C1. The summed E-state index contributed by atoms with van der Waals surface area (Å²) in [4.78, 5) is 28.4. The molecule has 1 aliphatic heterocycles. The molecule has 0 aromatic carbocycles. The number of amides is 1.